The number of para-hydroxylation sites is 1. The standard InChI is InChI=1S/C24H28N2O3S/c1-3-29-24(28)17-8-11-26(12-9-17)23(27)14-20(18-10-13-30-16-18)21-15-25(2)22-7-5-4-6-19(21)22/h4-7,10,13,15-17,20H,3,8-9,11-12,14H2,1-2H3. The Morgan fingerprint density at radius 1 is 1.20 bits per heavy atom. The molecule has 5 nitrogen and oxygen atoms in total. The molecule has 158 valence electrons. The van der Waals surface area contributed by atoms with Crippen molar-refractivity contribution in [3.8, 4) is 0 Å². The summed E-state index contributed by atoms with van der Waals surface area (Å²) in [5.41, 5.74) is 3.56. The average molecular weight is 425 g/mol. The van der Waals surface area contributed by atoms with Gasteiger partial charge in [-0.3, -0.25) is 9.59 Å². The van der Waals surface area contributed by atoms with Crippen LogP contribution in [0.2, 0.25) is 0 Å². The van der Waals surface area contributed by atoms with E-state index < -0.39 is 0 Å². The van der Waals surface area contributed by atoms with Crippen LogP contribution in [-0.2, 0) is 21.4 Å². The SMILES string of the molecule is CCOC(=O)C1CCN(C(=O)CC(c2ccsc2)c2cn(C)c3ccccc23)CC1. The van der Waals surface area contributed by atoms with Crippen LogP contribution in [0.3, 0.4) is 0 Å². The van der Waals surface area contributed by atoms with Crippen LogP contribution in [0.4, 0.5) is 0 Å². The zero-order valence-electron chi connectivity index (χ0n) is 17.5. The number of carbonyl (C=O) groups excluding carboxylic acids is 2. The molecule has 6 heteroatoms. The number of amides is 1. The highest BCUT2D eigenvalue weighted by atomic mass is 32.1. The quantitative estimate of drug-likeness (QED) is 0.545. The van der Waals surface area contributed by atoms with E-state index in [1.807, 2.05) is 17.9 Å². The van der Waals surface area contributed by atoms with Crippen LogP contribution in [0.5, 0.6) is 0 Å². The van der Waals surface area contributed by atoms with Gasteiger partial charge in [0.05, 0.1) is 12.5 Å². The smallest absolute Gasteiger partial charge is 0.309 e. The van der Waals surface area contributed by atoms with Gasteiger partial charge in [0.25, 0.3) is 0 Å². The molecule has 1 aliphatic heterocycles. The first-order valence-electron chi connectivity index (χ1n) is 10.6. The van der Waals surface area contributed by atoms with Crippen LogP contribution >= 0.6 is 11.3 Å². The minimum Gasteiger partial charge on any atom is -0.466 e. The molecule has 1 fully saturated rings. The Hall–Kier alpha value is -2.60. The first-order valence-corrected chi connectivity index (χ1v) is 11.5. The summed E-state index contributed by atoms with van der Waals surface area (Å²) in [5.74, 6) is -0.0321. The number of benzene rings is 1. The number of carbonyl (C=O) groups is 2. The van der Waals surface area contributed by atoms with Crippen molar-refractivity contribution in [2.75, 3.05) is 19.7 Å². The third-order valence-corrected chi connectivity index (χ3v) is 6.80. The summed E-state index contributed by atoms with van der Waals surface area (Å²) in [6.07, 6.45) is 3.96. The molecule has 0 N–H and O–H groups in total. The molecule has 3 heterocycles. The summed E-state index contributed by atoms with van der Waals surface area (Å²) in [5, 5.41) is 5.42. The number of hydrogen-bond acceptors (Lipinski definition) is 4. The molecule has 0 aliphatic carbocycles. The van der Waals surface area contributed by atoms with Crippen molar-refractivity contribution < 1.29 is 14.3 Å². The molecule has 4 rings (SSSR count). The highest BCUT2D eigenvalue weighted by Crippen LogP contribution is 2.36. The molecular weight excluding hydrogens is 396 g/mol. The molecule has 0 radical (unpaired) electrons. The number of rotatable bonds is 6. The van der Waals surface area contributed by atoms with Crippen LogP contribution in [-0.4, -0.2) is 41.0 Å². The normalized spacial score (nSPS) is 16.0. The summed E-state index contributed by atoms with van der Waals surface area (Å²) < 4.78 is 7.29. The number of likely N-dealkylation sites (tertiary alicyclic amines) is 1. The van der Waals surface area contributed by atoms with E-state index >= 15 is 0 Å². The van der Waals surface area contributed by atoms with Crippen LogP contribution in [0, 0.1) is 5.92 Å². The summed E-state index contributed by atoms with van der Waals surface area (Å²) >= 11 is 1.66. The molecule has 3 aromatic rings. The summed E-state index contributed by atoms with van der Waals surface area (Å²) in [7, 11) is 2.05. The Morgan fingerprint density at radius 3 is 2.67 bits per heavy atom. The van der Waals surface area contributed by atoms with Gasteiger partial charge in [0.1, 0.15) is 0 Å². The van der Waals surface area contributed by atoms with Crippen LogP contribution in [0.25, 0.3) is 10.9 Å². The van der Waals surface area contributed by atoms with Crippen molar-refractivity contribution in [2.24, 2.45) is 13.0 Å². The summed E-state index contributed by atoms with van der Waals surface area (Å²) in [6, 6.07) is 10.5. The fourth-order valence-electron chi connectivity index (χ4n) is 4.46. The summed E-state index contributed by atoms with van der Waals surface area (Å²) in [6.45, 7) is 3.47. The number of thiophene rings is 1. The van der Waals surface area contributed by atoms with Crippen molar-refractivity contribution in [1.29, 1.82) is 0 Å². The second-order valence-electron chi connectivity index (χ2n) is 7.93. The van der Waals surface area contributed by atoms with E-state index in [0.29, 0.717) is 39.0 Å². The zero-order valence-corrected chi connectivity index (χ0v) is 18.4. The lowest BCUT2D eigenvalue weighted by atomic mass is 9.89. The summed E-state index contributed by atoms with van der Waals surface area (Å²) in [4.78, 5) is 27.1. The van der Waals surface area contributed by atoms with E-state index in [1.54, 1.807) is 11.3 Å². The number of ether oxygens (including phenoxy) is 1. The van der Waals surface area contributed by atoms with Crippen molar-refractivity contribution >= 4 is 34.1 Å². The average Bonchev–Trinajstić information content (AvgIpc) is 3.41. The molecule has 1 amide bonds. The predicted octanol–water partition coefficient (Wildman–Crippen LogP) is 4.56. The van der Waals surface area contributed by atoms with Crippen molar-refractivity contribution in [3.05, 3.63) is 58.4 Å². The zero-order chi connectivity index (χ0) is 21.1. The van der Waals surface area contributed by atoms with Gasteiger partial charge in [-0.2, -0.15) is 11.3 Å². The van der Waals surface area contributed by atoms with E-state index in [1.165, 1.54) is 22.0 Å². The maximum Gasteiger partial charge on any atom is 0.309 e. The first kappa shape index (κ1) is 20.7. The van der Waals surface area contributed by atoms with Crippen LogP contribution in [0.15, 0.2) is 47.3 Å². The van der Waals surface area contributed by atoms with E-state index in [9.17, 15) is 9.59 Å². The minimum atomic E-state index is -0.128. The fraction of sp³-hybridized carbons (Fsp3) is 0.417. The Labute approximate surface area is 181 Å². The second kappa shape index (κ2) is 9.04. The molecule has 0 spiro atoms. The third-order valence-electron chi connectivity index (χ3n) is 6.10. The third kappa shape index (κ3) is 4.15. The predicted molar refractivity (Wildman–Crippen MR) is 120 cm³/mol. The molecule has 0 bridgehead atoms. The molecule has 30 heavy (non-hydrogen) atoms. The van der Waals surface area contributed by atoms with Gasteiger partial charge in [-0.15, -0.1) is 0 Å². The number of fused-ring (bicyclic) bond motifs is 1. The number of esters is 1. The minimum absolute atomic E-state index is 0.0256. The Morgan fingerprint density at radius 2 is 1.97 bits per heavy atom. The molecule has 1 aromatic carbocycles. The molecule has 0 saturated carbocycles. The van der Waals surface area contributed by atoms with Crippen molar-refractivity contribution in [3.63, 3.8) is 0 Å². The Kier molecular flexibility index (Phi) is 6.23. The van der Waals surface area contributed by atoms with Gasteiger partial charge in [0, 0.05) is 49.6 Å². The Balaban J connectivity index is 1.53. The number of nitrogens with zero attached hydrogens (tertiary/aromatic N) is 2. The van der Waals surface area contributed by atoms with E-state index in [4.69, 9.17) is 4.74 Å². The molecule has 1 atom stereocenters. The van der Waals surface area contributed by atoms with Gasteiger partial charge >= 0.3 is 5.97 Å². The van der Waals surface area contributed by atoms with Gasteiger partial charge in [0.2, 0.25) is 5.91 Å². The van der Waals surface area contributed by atoms with Crippen molar-refractivity contribution in [2.45, 2.75) is 32.1 Å². The highest BCUT2D eigenvalue weighted by Gasteiger charge is 2.30. The first-order chi connectivity index (χ1) is 14.6. The molecule has 1 saturated heterocycles. The maximum atomic E-state index is 13.2. The lowest BCUT2D eigenvalue weighted by molar-refractivity contribution is -0.151. The molecular formula is C24H28N2O3S. The number of aromatic nitrogens is 1. The van der Waals surface area contributed by atoms with Gasteiger partial charge < -0.3 is 14.2 Å². The highest BCUT2D eigenvalue weighted by molar-refractivity contribution is 7.08. The van der Waals surface area contributed by atoms with Gasteiger partial charge in [0.15, 0.2) is 0 Å². The van der Waals surface area contributed by atoms with Crippen LogP contribution in [0.1, 0.15) is 43.2 Å². The Bertz CT molecular complexity index is 1020. The van der Waals surface area contributed by atoms with E-state index in [2.05, 4.69) is 52.8 Å². The maximum absolute atomic E-state index is 13.2. The lowest BCUT2D eigenvalue weighted by Gasteiger charge is -2.32. The van der Waals surface area contributed by atoms with Gasteiger partial charge in [-0.05, 0) is 53.8 Å². The second-order valence-corrected chi connectivity index (χ2v) is 8.71. The molecule has 1 aliphatic rings. The van der Waals surface area contributed by atoms with Gasteiger partial charge in [-0.1, -0.05) is 18.2 Å². The largest absolute Gasteiger partial charge is 0.466 e. The lowest BCUT2D eigenvalue weighted by Crippen LogP contribution is -2.41. The van der Waals surface area contributed by atoms with E-state index in [-0.39, 0.29) is 23.7 Å². The van der Waals surface area contributed by atoms with Crippen LogP contribution < -0.4 is 0 Å². The topological polar surface area (TPSA) is 51.5 Å². The van der Waals surface area contributed by atoms with E-state index in [0.717, 1.165) is 0 Å². The van der Waals surface area contributed by atoms with Crippen molar-refractivity contribution in [1.82, 2.24) is 9.47 Å². The number of hydrogen-bond donors (Lipinski definition) is 0. The fourth-order valence-corrected chi connectivity index (χ4v) is 5.17. The monoisotopic (exact) mass is 424 g/mol. The number of piperidine rings is 1. The van der Waals surface area contributed by atoms with Gasteiger partial charge in [-0.25, -0.2) is 0 Å². The molecule has 2 aromatic heterocycles. The number of aryl methyl sites for hydroxylation is 1. The molecule has 1 unspecified atom stereocenters.